The second-order valence-electron chi connectivity index (χ2n) is 5.94. The molecule has 0 aromatic heterocycles. The molecular weight excluding hydrogens is 245 g/mol. The Bertz CT molecular complexity index is 485. The molecule has 2 rings (SSSR count). The van der Waals surface area contributed by atoms with Crippen LogP contribution in [0.3, 0.4) is 0 Å². The van der Waals surface area contributed by atoms with Crippen molar-refractivity contribution < 1.29 is 14.3 Å². The third kappa shape index (κ3) is 3.06. The Morgan fingerprint density at radius 3 is 2.79 bits per heavy atom. The van der Waals surface area contributed by atoms with Crippen molar-refractivity contribution in [2.75, 3.05) is 5.32 Å². The van der Waals surface area contributed by atoms with Crippen LogP contribution in [-0.2, 0) is 4.79 Å². The highest BCUT2D eigenvalue weighted by Gasteiger charge is 2.37. The molecule has 1 aliphatic rings. The fourth-order valence-corrected chi connectivity index (χ4v) is 2.79. The maximum Gasteiger partial charge on any atom is 0.228 e. The van der Waals surface area contributed by atoms with Crippen LogP contribution in [0.2, 0.25) is 0 Å². The molecule has 3 nitrogen and oxygen atoms in total. The van der Waals surface area contributed by atoms with E-state index in [2.05, 4.69) is 19.2 Å². The molecule has 1 aromatic rings. The van der Waals surface area contributed by atoms with Gasteiger partial charge < -0.3 is 10.4 Å². The van der Waals surface area contributed by atoms with Crippen LogP contribution < -0.4 is 5.32 Å². The van der Waals surface area contributed by atoms with E-state index in [4.69, 9.17) is 5.11 Å². The first-order valence-corrected chi connectivity index (χ1v) is 6.69. The zero-order valence-electron chi connectivity index (χ0n) is 11.4. The van der Waals surface area contributed by atoms with Crippen molar-refractivity contribution >= 4 is 11.6 Å². The van der Waals surface area contributed by atoms with Gasteiger partial charge in [0.1, 0.15) is 0 Å². The molecule has 0 saturated heterocycles. The van der Waals surface area contributed by atoms with Crippen molar-refractivity contribution in [3.05, 3.63) is 24.0 Å². The van der Waals surface area contributed by atoms with E-state index < -0.39 is 11.6 Å². The average Bonchev–Trinajstić information content (AvgIpc) is 2.33. The second kappa shape index (κ2) is 5.19. The molecule has 0 heterocycles. The number of phenols is 1. The van der Waals surface area contributed by atoms with Crippen molar-refractivity contribution in [3.8, 4) is 5.75 Å². The van der Waals surface area contributed by atoms with Crippen LogP contribution in [0.25, 0.3) is 0 Å². The predicted molar refractivity (Wildman–Crippen MR) is 72.4 cm³/mol. The van der Waals surface area contributed by atoms with Gasteiger partial charge in [-0.2, -0.15) is 0 Å². The number of phenolic OH excluding ortho intramolecular Hbond substituents is 1. The van der Waals surface area contributed by atoms with Crippen LogP contribution in [-0.4, -0.2) is 11.0 Å². The van der Waals surface area contributed by atoms with E-state index in [1.807, 2.05) is 0 Å². The highest BCUT2D eigenvalue weighted by molar-refractivity contribution is 5.93. The van der Waals surface area contributed by atoms with Gasteiger partial charge in [0.15, 0.2) is 11.6 Å². The number of anilines is 1. The number of hydrogen-bond acceptors (Lipinski definition) is 2. The van der Waals surface area contributed by atoms with E-state index in [1.54, 1.807) is 0 Å². The minimum Gasteiger partial charge on any atom is -0.505 e. The largest absolute Gasteiger partial charge is 0.505 e. The molecule has 1 saturated carbocycles. The van der Waals surface area contributed by atoms with Crippen LogP contribution in [0.1, 0.15) is 39.5 Å². The summed E-state index contributed by atoms with van der Waals surface area (Å²) < 4.78 is 13.2. The molecule has 0 aliphatic heterocycles. The van der Waals surface area contributed by atoms with Crippen molar-refractivity contribution in [2.45, 2.75) is 39.5 Å². The third-order valence-corrected chi connectivity index (χ3v) is 4.04. The van der Waals surface area contributed by atoms with Gasteiger partial charge in [0.25, 0.3) is 0 Å². The van der Waals surface area contributed by atoms with Gasteiger partial charge >= 0.3 is 0 Å². The molecule has 19 heavy (non-hydrogen) atoms. The first-order chi connectivity index (χ1) is 8.90. The zero-order chi connectivity index (χ0) is 14.0. The second-order valence-corrected chi connectivity index (χ2v) is 5.94. The van der Waals surface area contributed by atoms with Gasteiger partial charge in [-0.15, -0.1) is 0 Å². The number of hydrogen-bond donors (Lipinski definition) is 2. The average molecular weight is 265 g/mol. The lowest BCUT2D eigenvalue weighted by Crippen LogP contribution is -2.37. The van der Waals surface area contributed by atoms with Crippen LogP contribution in [0.4, 0.5) is 10.1 Å². The molecular formula is C15H20FNO2. The Hall–Kier alpha value is -1.58. The lowest BCUT2D eigenvalue weighted by Gasteiger charge is -2.37. The van der Waals surface area contributed by atoms with Gasteiger partial charge in [-0.3, -0.25) is 4.79 Å². The molecule has 1 amide bonds. The van der Waals surface area contributed by atoms with E-state index in [-0.39, 0.29) is 17.2 Å². The highest BCUT2D eigenvalue weighted by Crippen LogP contribution is 2.41. The summed E-state index contributed by atoms with van der Waals surface area (Å²) in [6.45, 7) is 4.21. The highest BCUT2D eigenvalue weighted by atomic mass is 19.1. The molecule has 1 fully saturated rings. The third-order valence-electron chi connectivity index (χ3n) is 4.04. The van der Waals surface area contributed by atoms with E-state index in [0.29, 0.717) is 5.69 Å². The quantitative estimate of drug-likeness (QED) is 0.801. The molecule has 0 spiro atoms. The molecule has 1 unspecified atom stereocenters. The van der Waals surface area contributed by atoms with Crippen molar-refractivity contribution in [1.29, 1.82) is 0 Å². The van der Waals surface area contributed by atoms with E-state index >= 15 is 0 Å². The van der Waals surface area contributed by atoms with Gasteiger partial charge in [-0.05, 0) is 30.4 Å². The lowest BCUT2D eigenvalue weighted by atomic mass is 9.68. The topological polar surface area (TPSA) is 49.3 Å². The van der Waals surface area contributed by atoms with Crippen LogP contribution in [0, 0.1) is 17.2 Å². The fourth-order valence-electron chi connectivity index (χ4n) is 2.79. The Labute approximate surface area is 112 Å². The number of nitrogens with one attached hydrogen (secondary N) is 1. The zero-order valence-corrected chi connectivity index (χ0v) is 11.4. The first-order valence-electron chi connectivity index (χ1n) is 6.69. The lowest BCUT2D eigenvalue weighted by molar-refractivity contribution is -0.124. The number of rotatable bonds is 2. The molecule has 104 valence electrons. The van der Waals surface area contributed by atoms with Crippen LogP contribution in [0.5, 0.6) is 5.75 Å². The first kappa shape index (κ1) is 13.8. The number of carbonyl (C=O) groups excluding carboxylic acids is 1. The predicted octanol–water partition coefficient (Wildman–Crippen LogP) is 3.69. The fraction of sp³-hybridized carbons (Fsp3) is 0.533. The van der Waals surface area contributed by atoms with Crippen LogP contribution >= 0.6 is 0 Å². The molecule has 1 atom stereocenters. The number of benzene rings is 1. The van der Waals surface area contributed by atoms with Crippen molar-refractivity contribution in [1.82, 2.24) is 0 Å². The number of carbonyl (C=O) groups is 1. The summed E-state index contributed by atoms with van der Waals surface area (Å²) >= 11 is 0. The van der Waals surface area contributed by atoms with Gasteiger partial charge in [0, 0.05) is 17.7 Å². The standard InChI is InChI=1S/C15H20FNO2/c1-15(2)8-4-3-5-11(15)14(19)17-10-6-7-13(18)12(16)9-10/h6-7,9,11,18H,3-5,8H2,1-2H3,(H,17,19). The summed E-state index contributed by atoms with van der Waals surface area (Å²) in [6, 6.07) is 3.89. The molecule has 2 N–H and O–H groups in total. The van der Waals surface area contributed by atoms with Gasteiger partial charge in [0.2, 0.25) is 5.91 Å². The Morgan fingerprint density at radius 2 is 2.16 bits per heavy atom. The SMILES string of the molecule is CC1(C)CCCCC1C(=O)Nc1ccc(O)c(F)c1. The maximum absolute atomic E-state index is 13.2. The van der Waals surface area contributed by atoms with E-state index in [0.717, 1.165) is 31.7 Å². The normalized spacial score (nSPS) is 21.9. The Balaban J connectivity index is 2.09. The van der Waals surface area contributed by atoms with Crippen molar-refractivity contribution in [2.24, 2.45) is 11.3 Å². The van der Waals surface area contributed by atoms with Gasteiger partial charge in [-0.1, -0.05) is 26.7 Å². The summed E-state index contributed by atoms with van der Waals surface area (Å²) in [5.74, 6) is -1.23. The Kier molecular flexibility index (Phi) is 3.78. The number of halogens is 1. The minimum atomic E-state index is -0.722. The maximum atomic E-state index is 13.2. The van der Waals surface area contributed by atoms with E-state index in [1.165, 1.54) is 12.1 Å². The number of aromatic hydroxyl groups is 1. The summed E-state index contributed by atoms with van der Waals surface area (Å²) in [6.07, 6.45) is 4.13. The summed E-state index contributed by atoms with van der Waals surface area (Å²) in [4.78, 5) is 12.3. The molecule has 0 bridgehead atoms. The van der Waals surface area contributed by atoms with Gasteiger partial charge in [0.05, 0.1) is 0 Å². The summed E-state index contributed by atoms with van der Waals surface area (Å²) in [5, 5.41) is 11.9. The molecule has 1 aromatic carbocycles. The van der Waals surface area contributed by atoms with E-state index in [9.17, 15) is 9.18 Å². The monoisotopic (exact) mass is 265 g/mol. The summed E-state index contributed by atoms with van der Waals surface area (Å²) in [5.41, 5.74) is 0.374. The summed E-state index contributed by atoms with van der Waals surface area (Å²) in [7, 11) is 0. The van der Waals surface area contributed by atoms with Crippen molar-refractivity contribution in [3.63, 3.8) is 0 Å². The number of amides is 1. The minimum absolute atomic E-state index is 0.0161. The smallest absolute Gasteiger partial charge is 0.228 e. The van der Waals surface area contributed by atoms with Gasteiger partial charge in [-0.25, -0.2) is 4.39 Å². The Morgan fingerprint density at radius 1 is 1.42 bits per heavy atom. The molecule has 4 heteroatoms. The van der Waals surface area contributed by atoms with Crippen LogP contribution in [0.15, 0.2) is 18.2 Å². The molecule has 1 aliphatic carbocycles. The molecule has 0 radical (unpaired) electrons.